The maximum atomic E-state index is 9.66. The largest absolute Gasteiger partial charge is 0.507 e. The van der Waals surface area contributed by atoms with E-state index in [1.54, 1.807) is 18.2 Å². The second-order valence-electron chi connectivity index (χ2n) is 3.29. The molecule has 0 atom stereocenters. The van der Waals surface area contributed by atoms with Crippen LogP contribution in [0.4, 0.5) is 5.69 Å². The van der Waals surface area contributed by atoms with Gasteiger partial charge in [0, 0.05) is 24.8 Å². The van der Waals surface area contributed by atoms with Crippen LogP contribution in [0.25, 0.3) is 5.70 Å². The molecule has 0 aromatic heterocycles. The smallest absolute Gasteiger partial charge is 0.125 e. The molecule has 0 radical (unpaired) electrons. The Labute approximate surface area is 82.6 Å². The molecule has 1 aromatic carbocycles. The molecule has 0 amide bonds. The number of nitrogens with zero attached hydrogens (tertiary/aromatic N) is 1. The monoisotopic (exact) mass is 191 g/mol. The number of rotatable bonds is 1. The van der Waals surface area contributed by atoms with Crippen molar-refractivity contribution in [2.24, 2.45) is 0 Å². The van der Waals surface area contributed by atoms with Gasteiger partial charge < -0.3 is 15.8 Å². The van der Waals surface area contributed by atoms with Gasteiger partial charge in [0.25, 0.3) is 0 Å². The topological polar surface area (TPSA) is 61.5 Å². The Hall–Kier alpha value is -1.68. The molecule has 4 N–H and O–H groups in total. The Balaban J connectivity index is 2.45. The quantitative estimate of drug-likeness (QED) is 0.453. The summed E-state index contributed by atoms with van der Waals surface area (Å²) in [5, 5.41) is 11.5. The molecule has 0 spiro atoms. The summed E-state index contributed by atoms with van der Waals surface area (Å²) in [5.41, 5.74) is 11.1. The van der Waals surface area contributed by atoms with Gasteiger partial charge in [-0.15, -0.1) is 0 Å². The van der Waals surface area contributed by atoms with Gasteiger partial charge in [0.1, 0.15) is 5.75 Å². The lowest BCUT2D eigenvalue weighted by atomic mass is 10.1. The van der Waals surface area contributed by atoms with E-state index in [9.17, 15) is 5.11 Å². The highest BCUT2D eigenvalue weighted by Crippen LogP contribution is 2.29. The zero-order valence-electron chi connectivity index (χ0n) is 7.99. The van der Waals surface area contributed by atoms with E-state index in [2.05, 4.69) is 5.43 Å². The van der Waals surface area contributed by atoms with Crippen LogP contribution in [-0.2, 0) is 0 Å². The summed E-state index contributed by atoms with van der Waals surface area (Å²) >= 11 is 0. The van der Waals surface area contributed by atoms with Gasteiger partial charge in [0.05, 0.1) is 5.70 Å². The number of hydrogen-bond acceptors (Lipinski definition) is 4. The van der Waals surface area contributed by atoms with Crippen LogP contribution >= 0.6 is 0 Å². The zero-order valence-corrected chi connectivity index (χ0v) is 7.99. The molecule has 2 rings (SSSR count). The molecule has 4 heteroatoms. The van der Waals surface area contributed by atoms with Gasteiger partial charge in [-0.3, -0.25) is 0 Å². The number of phenols is 1. The first-order valence-corrected chi connectivity index (χ1v) is 4.45. The molecule has 4 nitrogen and oxygen atoms in total. The number of hydrazine groups is 1. The Kier molecular flexibility index (Phi) is 2.05. The fraction of sp³-hybridized carbons (Fsp3) is 0.200. The van der Waals surface area contributed by atoms with Crippen LogP contribution in [-0.4, -0.2) is 23.7 Å². The SMILES string of the molecule is CN1NCC=C1c1cc(N)ccc1O. The van der Waals surface area contributed by atoms with E-state index in [0.29, 0.717) is 5.69 Å². The fourth-order valence-electron chi connectivity index (χ4n) is 1.55. The van der Waals surface area contributed by atoms with Crippen LogP contribution in [0.3, 0.4) is 0 Å². The summed E-state index contributed by atoms with van der Waals surface area (Å²) in [4.78, 5) is 0. The van der Waals surface area contributed by atoms with Crippen LogP contribution < -0.4 is 11.2 Å². The van der Waals surface area contributed by atoms with Gasteiger partial charge in [-0.05, 0) is 24.3 Å². The summed E-state index contributed by atoms with van der Waals surface area (Å²) < 4.78 is 0. The van der Waals surface area contributed by atoms with Crippen molar-refractivity contribution in [3.8, 4) is 5.75 Å². The van der Waals surface area contributed by atoms with Crippen molar-refractivity contribution in [2.75, 3.05) is 19.3 Å². The van der Waals surface area contributed by atoms with E-state index in [-0.39, 0.29) is 5.75 Å². The molecule has 1 heterocycles. The minimum Gasteiger partial charge on any atom is -0.507 e. The van der Waals surface area contributed by atoms with Crippen molar-refractivity contribution in [3.63, 3.8) is 0 Å². The van der Waals surface area contributed by atoms with Crippen LogP contribution in [0.2, 0.25) is 0 Å². The molecule has 1 aromatic rings. The first-order chi connectivity index (χ1) is 6.68. The Morgan fingerprint density at radius 2 is 2.29 bits per heavy atom. The van der Waals surface area contributed by atoms with E-state index in [0.717, 1.165) is 17.8 Å². The van der Waals surface area contributed by atoms with Crippen molar-refractivity contribution in [2.45, 2.75) is 0 Å². The first kappa shape index (κ1) is 8.90. The molecular formula is C10H13N3O. The number of nitrogens with two attached hydrogens (primary N) is 1. The van der Waals surface area contributed by atoms with Crippen molar-refractivity contribution < 1.29 is 5.11 Å². The van der Waals surface area contributed by atoms with Crippen LogP contribution in [0, 0.1) is 0 Å². The van der Waals surface area contributed by atoms with Gasteiger partial charge in [0.2, 0.25) is 0 Å². The molecule has 0 aliphatic carbocycles. The van der Waals surface area contributed by atoms with E-state index in [1.165, 1.54) is 0 Å². The third-order valence-corrected chi connectivity index (χ3v) is 2.28. The molecular weight excluding hydrogens is 178 g/mol. The molecule has 0 saturated heterocycles. The van der Waals surface area contributed by atoms with E-state index >= 15 is 0 Å². The number of benzene rings is 1. The van der Waals surface area contributed by atoms with Crippen LogP contribution in [0.15, 0.2) is 24.3 Å². The maximum Gasteiger partial charge on any atom is 0.125 e. The summed E-state index contributed by atoms with van der Waals surface area (Å²) in [7, 11) is 1.90. The minimum atomic E-state index is 0.251. The average Bonchev–Trinajstić information content (AvgIpc) is 2.56. The predicted octanol–water partition coefficient (Wildman–Crippen LogP) is 0.765. The predicted molar refractivity (Wildman–Crippen MR) is 56.3 cm³/mol. The molecule has 0 bridgehead atoms. The molecule has 1 aliphatic heterocycles. The summed E-state index contributed by atoms with van der Waals surface area (Å²) in [6.45, 7) is 0.778. The number of nitrogens with one attached hydrogen (secondary N) is 1. The molecule has 0 saturated carbocycles. The van der Waals surface area contributed by atoms with E-state index in [4.69, 9.17) is 5.73 Å². The molecule has 14 heavy (non-hydrogen) atoms. The normalized spacial score (nSPS) is 15.8. The van der Waals surface area contributed by atoms with Gasteiger partial charge >= 0.3 is 0 Å². The number of anilines is 1. The highest BCUT2D eigenvalue weighted by molar-refractivity contribution is 5.72. The summed E-state index contributed by atoms with van der Waals surface area (Å²) in [6.07, 6.45) is 2.01. The van der Waals surface area contributed by atoms with E-state index < -0.39 is 0 Å². The van der Waals surface area contributed by atoms with Gasteiger partial charge in [0.15, 0.2) is 0 Å². The average molecular weight is 191 g/mol. The molecule has 0 fully saturated rings. The third-order valence-electron chi connectivity index (χ3n) is 2.28. The number of nitrogen functional groups attached to an aromatic ring is 1. The third kappa shape index (κ3) is 1.40. The first-order valence-electron chi connectivity index (χ1n) is 4.45. The number of hydrogen-bond donors (Lipinski definition) is 3. The van der Waals surface area contributed by atoms with Crippen LogP contribution in [0.5, 0.6) is 5.75 Å². The van der Waals surface area contributed by atoms with Gasteiger partial charge in [-0.25, -0.2) is 5.43 Å². The molecule has 0 unspecified atom stereocenters. The van der Waals surface area contributed by atoms with Crippen LogP contribution in [0.1, 0.15) is 5.56 Å². The lowest BCUT2D eigenvalue weighted by Crippen LogP contribution is -2.26. The highest BCUT2D eigenvalue weighted by atomic mass is 16.3. The Morgan fingerprint density at radius 1 is 1.50 bits per heavy atom. The summed E-state index contributed by atoms with van der Waals surface area (Å²) in [5.74, 6) is 0.251. The molecule has 74 valence electrons. The Morgan fingerprint density at radius 3 is 2.93 bits per heavy atom. The van der Waals surface area contributed by atoms with Crippen molar-refractivity contribution >= 4 is 11.4 Å². The standard InChI is InChI=1S/C10H13N3O/c1-13-9(4-5-12-13)8-6-7(11)2-3-10(8)14/h2-4,6,12,14H,5,11H2,1H3. The number of aromatic hydroxyl groups is 1. The highest BCUT2D eigenvalue weighted by Gasteiger charge is 2.15. The lowest BCUT2D eigenvalue weighted by molar-refractivity contribution is 0.389. The second kappa shape index (κ2) is 3.23. The maximum absolute atomic E-state index is 9.66. The van der Waals surface area contributed by atoms with Crippen molar-refractivity contribution in [1.29, 1.82) is 0 Å². The van der Waals surface area contributed by atoms with Gasteiger partial charge in [-0.1, -0.05) is 0 Å². The lowest BCUT2D eigenvalue weighted by Gasteiger charge is -2.17. The van der Waals surface area contributed by atoms with Gasteiger partial charge in [-0.2, -0.15) is 0 Å². The fourth-order valence-corrected chi connectivity index (χ4v) is 1.55. The Bertz CT molecular complexity index is 387. The zero-order chi connectivity index (χ0) is 10.1. The van der Waals surface area contributed by atoms with Crippen molar-refractivity contribution in [3.05, 3.63) is 29.8 Å². The minimum absolute atomic E-state index is 0.251. The van der Waals surface area contributed by atoms with Crippen molar-refractivity contribution in [1.82, 2.24) is 10.4 Å². The molecule has 1 aliphatic rings. The summed E-state index contributed by atoms with van der Waals surface area (Å²) in [6, 6.07) is 5.06. The second-order valence-corrected chi connectivity index (χ2v) is 3.29. The number of phenolic OH excluding ortho intramolecular Hbond substituents is 1. The van der Waals surface area contributed by atoms with E-state index in [1.807, 2.05) is 18.1 Å².